The molecule has 0 aliphatic carbocycles. The van der Waals surface area contributed by atoms with E-state index in [9.17, 15) is 15.2 Å². The highest BCUT2D eigenvalue weighted by atomic mass is 16.4. The second-order valence-electron chi connectivity index (χ2n) is 4.98. The quantitative estimate of drug-likeness (QED) is 0.907. The van der Waals surface area contributed by atoms with Gasteiger partial charge in [-0.15, -0.1) is 0 Å². The number of anilines is 1. The van der Waals surface area contributed by atoms with E-state index in [1.165, 1.54) is 0 Å². The van der Waals surface area contributed by atoms with E-state index in [0.29, 0.717) is 12.0 Å². The molecule has 2 aromatic rings. The zero-order chi connectivity index (χ0) is 14.1. The number of carbonyl (C=O) groups is 1. The van der Waals surface area contributed by atoms with Crippen LogP contribution in [0.15, 0.2) is 36.4 Å². The maximum atomic E-state index is 11.4. The van der Waals surface area contributed by atoms with Crippen LogP contribution in [-0.2, 0) is 4.79 Å². The molecule has 3 rings (SSSR count). The third-order valence-corrected chi connectivity index (χ3v) is 3.87. The first-order valence-corrected chi connectivity index (χ1v) is 6.63. The molecule has 1 aliphatic heterocycles. The summed E-state index contributed by atoms with van der Waals surface area (Å²) in [5.74, 6) is -0.782. The van der Waals surface area contributed by atoms with Gasteiger partial charge in [-0.05, 0) is 25.0 Å². The molecule has 0 amide bonds. The topological polar surface area (TPSA) is 64.3 Å². The number of hydrogen-bond donors (Lipinski definition) is 1. The van der Waals surface area contributed by atoms with Crippen molar-refractivity contribution < 1.29 is 9.90 Å². The normalized spacial score (nSPS) is 18.1. The molecule has 0 bridgehead atoms. The number of carboxylic acids is 1. The number of nitriles is 1. The fraction of sp³-hybridized carbons (Fsp3) is 0.250. The van der Waals surface area contributed by atoms with Gasteiger partial charge in [-0.1, -0.05) is 24.3 Å². The molecule has 1 saturated heterocycles. The van der Waals surface area contributed by atoms with E-state index in [-0.39, 0.29) is 0 Å². The van der Waals surface area contributed by atoms with Gasteiger partial charge < -0.3 is 10.0 Å². The van der Waals surface area contributed by atoms with Crippen LogP contribution in [0.3, 0.4) is 0 Å². The zero-order valence-corrected chi connectivity index (χ0v) is 10.9. The first kappa shape index (κ1) is 12.5. The summed E-state index contributed by atoms with van der Waals surface area (Å²) in [5, 5.41) is 20.3. The molecule has 4 nitrogen and oxygen atoms in total. The molecule has 1 N–H and O–H groups in total. The van der Waals surface area contributed by atoms with Crippen molar-refractivity contribution in [2.75, 3.05) is 11.4 Å². The Kier molecular flexibility index (Phi) is 3.03. The van der Waals surface area contributed by atoms with Crippen molar-refractivity contribution in [3.8, 4) is 6.07 Å². The van der Waals surface area contributed by atoms with Gasteiger partial charge in [0.1, 0.15) is 6.04 Å². The third kappa shape index (κ3) is 1.88. The highest BCUT2D eigenvalue weighted by Gasteiger charge is 2.31. The third-order valence-electron chi connectivity index (χ3n) is 3.87. The highest BCUT2D eigenvalue weighted by molar-refractivity contribution is 5.99. The van der Waals surface area contributed by atoms with Gasteiger partial charge in [-0.2, -0.15) is 5.26 Å². The zero-order valence-electron chi connectivity index (χ0n) is 10.9. The number of fused-ring (bicyclic) bond motifs is 1. The molecule has 0 aromatic heterocycles. The summed E-state index contributed by atoms with van der Waals surface area (Å²) >= 11 is 0. The molecule has 0 radical (unpaired) electrons. The number of nitrogens with zero attached hydrogens (tertiary/aromatic N) is 2. The lowest BCUT2D eigenvalue weighted by atomic mass is 10.0. The summed E-state index contributed by atoms with van der Waals surface area (Å²) in [6, 6.07) is 13.0. The fourth-order valence-electron chi connectivity index (χ4n) is 2.94. The summed E-state index contributed by atoms with van der Waals surface area (Å²) in [6.07, 6.45) is 1.55. The van der Waals surface area contributed by atoms with Crippen LogP contribution in [0.4, 0.5) is 5.69 Å². The van der Waals surface area contributed by atoms with Crippen molar-refractivity contribution >= 4 is 22.4 Å². The van der Waals surface area contributed by atoms with Crippen LogP contribution in [0.1, 0.15) is 18.4 Å². The summed E-state index contributed by atoms with van der Waals surface area (Å²) in [6.45, 7) is 0.743. The monoisotopic (exact) mass is 266 g/mol. The minimum atomic E-state index is -0.782. The molecule has 2 aromatic carbocycles. The van der Waals surface area contributed by atoms with Gasteiger partial charge >= 0.3 is 5.97 Å². The Labute approximate surface area is 116 Å². The molecule has 4 heteroatoms. The lowest BCUT2D eigenvalue weighted by Gasteiger charge is -2.25. The Morgan fingerprint density at radius 3 is 2.70 bits per heavy atom. The summed E-state index contributed by atoms with van der Waals surface area (Å²) in [4.78, 5) is 13.3. The van der Waals surface area contributed by atoms with Crippen molar-refractivity contribution in [3.05, 3.63) is 42.0 Å². The number of carboxylic acid groups (broad SMARTS) is 1. The van der Waals surface area contributed by atoms with Gasteiger partial charge in [0, 0.05) is 23.0 Å². The van der Waals surface area contributed by atoms with Crippen molar-refractivity contribution in [1.82, 2.24) is 0 Å². The fourth-order valence-corrected chi connectivity index (χ4v) is 2.94. The Morgan fingerprint density at radius 2 is 2.00 bits per heavy atom. The molecule has 0 saturated carbocycles. The van der Waals surface area contributed by atoms with Crippen LogP contribution in [-0.4, -0.2) is 23.7 Å². The van der Waals surface area contributed by atoms with Gasteiger partial charge in [0.15, 0.2) is 0 Å². The van der Waals surface area contributed by atoms with Gasteiger partial charge in [-0.25, -0.2) is 4.79 Å². The van der Waals surface area contributed by atoms with Crippen LogP contribution in [0.5, 0.6) is 0 Å². The van der Waals surface area contributed by atoms with Gasteiger partial charge in [0.2, 0.25) is 0 Å². The average Bonchev–Trinajstić information content (AvgIpc) is 2.95. The minimum absolute atomic E-state index is 0.466. The Hall–Kier alpha value is -2.54. The molecule has 1 unspecified atom stereocenters. The Bertz CT molecular complexity index is 718. The van der Waals surface area contributed by atoms with E-state index >= 15 is 0 Å². The first-order valence-electron chi connectivity index (χ1n) is 6.63. The van der Waals surface area contributed by atoms with Crippen molar-refractivity contribution in [1.29, 1.82) is 5.26 Å². The van der Waals surface area contributed by atoms with Crippen molar-refractivity contribution in [2.24, 2.45) is 0 Å². The van der Waals surface area contributed by atoms with E-state index in [1.54, 1.807) is 6.07 Å². The van der Waals surface area contributed by atoms with Crippen LogP contribution in [0, 0.1) is 11.3 Å². The largest absolute Gasteiger partial charge is 0.480 e. The molecular weight excluding hydrogens is 252 g/mol. The SMILES string of the molecule is N#Cc1ccc(N2CCCC2C(=O)O)c2ccccc12. The van der Waals surface area contributed by atoms with Crippen LogP contribution >= 0.6 is 0 Å². The van der Waals surface area contributed by atoms with Crippen LogP contribution in [0.25, 0.3) is 10.8 Å². The van der Waals surface area contributed by atoms with Crippen molar-refractivity contribution in [2.45, 2.75) is 18.9 Å². The van der Waals surface area contributed by atoms with Crippen molar-refractivity contribution in [3.63, 3.8) is 0 Å². The number of benzene rings is 2. The number of rotatable bonds is 2. The molecule has 100 valence electrons. The molecule has 1 aliphatic rings. The van der Waals surface area contributed by atoms with Crippen LogP contribution in [0.2, 0.25) is 0 Å². The van der Waals surface area contributed by atoms with E-state index in [0.717, 1.165) is 29.4 Å². The lowest BCUT2D eigenvalue weighted by Crippen LogP contribution is -2.35. The number of hydrogen-bond acceptors (Lipinski definition) is 3. The van der Waals surface area contributed by atoms with E-state index < -0.39 is 12.0 Å². The minimum Gasteiger partial charge on any atom is -0.480 e. The van der Waals surface area contributed by atoms with Crippen LogP contribution < -0.4 is 4.90 Å². The summed E-state index contributed by atoms with van der Waals surface area (Å²) < 4.78 is 0. The molecule has 0 spiro atoms. The smallest absolute Gasteiger partial charge is 0.326 e. The second-order valence-corrected chi connectivity index (χ2v) is 4.98. The van der Waals surface area contributed by atoms with E-state index in [1.807, 2.05) is 35.2 Å². The average molecular weight is 266 g/mol. The molecule has 1 heterocycles. The molecule has 1 atom stereocenters. The predicted octanol–water partition coefficient (Wildman–Crippen LogP) is 2.76. The van der Waals surface area contributed by atoms with Gasteiger partial charge in [0.05, 0.1) is 11.6 Å². The van der Waals surface area contributed by atoms with Gasteiger partial charge in [0.25, 0.3) is 0 Å². The highest BCUT2D eigenvalue weighted by Crippen LogP contribution is 2.33. The molecule has 1 fully saturated rings. The second kappa shape index (κ2) is 4.86. The predicted molar refractivity (Wildman–Crippen MR) is 76.7 cm³/mol. The van der Waals surface area contributed by atoms with Gasteiger partial charge in [-0.3, -0.25) is 0 Å². The number of aliphatic carboxylic acids is 1. The summed E-state index contributed by atoms with van der Waals surface area (Å²) in [7, 11) is 0. The maximum Gasteiger partial charge on any atom is 0.326 e. The van der Waals surface area contributed by atoms with E-state index in [2.05, 4.69) is 6.07 Å². The van der Waals surface area contributed by atoms with E-state index in [4.69, 9.17) is 0 Å². The Morgan fingerprint density at radius 1 is 1.25 bits per heavy atom. The first-order chi connectivity index (χ1) is 9.72. The lowest BCUT2D eigenvalue weighted by molar-refractivity contribution is -0.138. The standard InChI is InChI=1S/C16H14N2O2/c17-10-11-7-8-14(13-5-2-1-4-12(11)13)18-9-3-6-15(18)16(19)20/h1-2,4-5,7-8,15H,3,6,9H2,(H,19,20). The Balaban J connectivity index is 2.18. The molecule has 20 heavy (non-hydrogen) atoms. The maximum absolute atomic E-state index is 11.4. The summed E-state index contributed by atoms with van der Waals surface area (Å²) in [5.41, 5.74) is 1.53. The molecular formula is C16H14N2O2.